The van der Waals surface area contributed by atoms with Gasteiger partial charge in [0.15, 0.2) is 0 Å². The summed E-state index contributed by atoms with van der Waals surface area (Å²) < 4.78 is 18.5. The number of rotatable bonds is 3. The average Bonchev–Trinajstić information content (AvgIpc) is 2.31. The Balaban J connectivity index is 2.33. The summed E-state index contributed by atoms with van der Waals surface area (Å²) >= 11 is 5.90. The Morgan fingerprint density at radius 2 is 1.94 bits per heavy atom. The summed E-state index contributed by atoms with van der Waals surface area (Å²) in [6.45, 7) is 0. The molecule has 17 heavy (non-hydrogen) atoms. The van der Waals surface area contributed by atoms with Gasteiger partial charge in [0.2, 0.25) is 0 Å². The molecule has 0 aromatic heterocycles. The van der Waals surface area contributed by atoms with Gasteiger partial charge in [-0.05, 0) is 24.3 Å². The van der Waals surface area contributed by atoms with Crippen molar-refractivity contribution in [3.05, 3.63) is 58.9 Å². The summed E-state index contributed by atoms with van der Waals surface area (Å²) in [4.78, 5) is 10.6. The number of hydrogen-bond acceptors (Lipinski definition) is 2. The van der Waals surface area contributed by atoms with Crippen LogP contribution >= 0.6 is 11.6 Å². The Bertz CT molecular complexity index is 555. The van der Waals surface area contributed by atoms with E-state index in [9.17, 15) is 9.18 Å². The van der Waals surface area contributed by atoms with Crippen LogP contribution in [-0.4, -0.2) is 6.29 Å². The van der Waals surface area contributed by atoms with Gasteiger partial charge in [0.1, 0.15) is 23.6 Å². The zero-order valence-corrected chi connectivity index (χ0v) is 9.45. The second-order valence-corrected chi connectivity index (χ2v) is 3.78. The monoisotopic (exact) mass is 250 g/mol. The lowest BCUT2D eigenvalue weighted by molar-refractivity contribution is 0.112. The average molecular weight is 251 g/mol. The lowest BCUT2D eigenvalue weighted by atomic mass is 10.2. The maximum absolute atomic E-state index is 13.1. The zero-order chi connectivity index (χ0) is 12.3. The van der Waals surface area contributed by atoms with Crippen molar-refractivity contribution in [1.82, 2.24) is 0 Å². The molecule has 4 heteroatoms. The second-order valence-electron chi connectivity index (χ2n) is 3.37. The van der Waals surface area contributed by atoms with Gasteiger partial charge in [-0.2, -0.15) is 0 Å². The van der Waals surface area contributed by atoms with Crippen molar-refractivity contribution in [1.29, 1.82) is 0 Å². The number of hydrogen-bond donors (Lipinski definition) is 0. The van der Waals surface area contributed by atoms with Crippen molar-refractivity contribution in [2.24, 2.45) is 0 Å². The number of carbonyl (C=O) groups is 1. The summed E-state index contributed by atoms with van der Waals surface area (Å²) in [5, 5.41) is 0.421. The van der Waals surface area contributed by atoms with Crippen LogP contribution < -0.4 is 4.74 Å². The van der Waals surface area contributed by atoms with Crippen LogP contribution in [0.4, 0.5) is 4.39 Å². The minimum atomic E-state index is -0.531. The molecule has 0 atom stereocenters. The first-order valence-electron chi connectivity index (χ1n) is 4.87. The van der Waals surface area contributed by atoms with Crippen molar-refractivity contribution in [3.8, 4) is 11.5 Å². The third-order valence-corrected chi connectivity index (χ3v) is 2.41. The largest absolute Gasteiger partial charge is 0.456 e. The van der Waals surface area contributed by atoms with Crippen LogP contribution in [-0.2, 0) is 0 Å². The first-order chi connectivity index (χ1) is 8.19. The molecule has 0 aliphatic rings. The van der Waals surface area contributed by atoms with E-state index >= 15 is 0 Å². The molecular weight excluding hydrogens is 243 g/mol. The third kappa shape index (κ3) is 2.82. The highest BCUT2D eigenvalue weighted by Crippen LogP contribution is 2.29. The minimum Gasteiger partial charge on any atom is -0.456 e. The SMILES string of the molecule is O=Cc1cc(F)cc(Oc2ccccc2Cl)c1. The van der Waals surface area contributed by atoms with E-state index in [2.05, 4.69) is 0 Å². The number of benzene rings is 2. The second kappa shape index (κ2) is 4.97. The van der Waals surface area contributed by atoms with E-state index in [-0.39, 0.29) is 11.3 Å². The third-order valence-electron chi connectivity index (χ3n) is 2.09. The van der Waals surface area contributed by atoms with Crippen molar-refractivity contribution < 1.29 is 13.9 Å². The van der Waals surface area contributed by atoms with Gasteiger partial charge in [0.25, 0.3) is 0 Å². The smallest absolute Gasteiger partial charge is 0.150 e. The van der Waals surface area contributed by atoms with E-state index in [0.29, 0.717) is 17.1 Å². The summed E-state index contributed by atoms with van der Waals surface area (Å²) in [5.74, 6) is 0.119. The summed E-state index contributed by atoms with van der Waals surface area (Å²) in [7, 11) is 0. The van der Waals surface area contributed by atoms with Crippen molar-refractivity contribution in [3.63, 3.8) is 0 Å². The van der Waals surface area contributed by atoms with Gasteiger partial charge in [0, 0.05) is 11.6 Å². The molecule has 0 amide bonds. The first kappa shape index (κ1) is 11.6. The molecule has 2 aromatic rings. The van der Waals surface area contributed by atoms with Crippen LogP contribution in [0, 0.1) is 5.82 Å². The molecule has 0 unspecified atom stereocenters. The maximum atomic E-state index is 13.1. The lowest BCUT2D eigenvalue weighted by Gasteiger charge is -2.07. The van der Waals surface area contributed by atoms with Crippen LogP contribution in [0.2, 0.25) is 5.02 Å². The molecule has 0 saturated heterocycles. The molecular formula is C13H8ClFO2. The van der Waals surface area contributed by atoms with Gasteiger partial charge in [-0.3, -0.25) is 4.79 Å². The maximum Gasteiger partial charge on any atom is 0.150 e. The summed E-state index contributed by atoms with van der Waals surface area (Å²) in [6, 6.07) is 10.6. The van der Waals surface area contributed by atoms with Gasteiger partial charge < -0.3 is 4.74 Å². The molecule has 0 heterocycles. The fourth-order valence-electron chi connectivity index (χ4n) is 1.37. The van der Waals surface area contributed by atoms with E-state index in [1.165, 1.54) is 12.1 Å². The van der Waals surface area contributed by atoms with Gasteiger partial charge in [0.05, 0.1) is 5.02 Å². The standard InChI is InChI=1S/C13H8ClFO2/c14-12-3-1-2-4-13(12)17-11-6-9(8-16)5-10(15)7-11/h1-8H. The van der Waals surface area contributed by atoms with E-state index in [1.807, 2.05) is 0 Å². The molecule has 0 spiro atoms. The lowest BCUT2D eigenvalue weighted by Crippen LogP contribution is -1.89. The molecule has 86 valence electrons. The summed E-state index contributed by atoms with van der Waals surface area (Å²) in [5.41, 5.74) is 0.215. The van der Waals surface area contributed by atoms with Crippen molar-refractivity contribution in [2.75, 3.05) is 0 Å². The quantitative estimate of drug-likeness (QED) is 0.767. The topological polar surface area (TPSA) is 26.3 Å². The normalized spacial score (nSPS) is 10.0. The molecule has 0 bridgehead atoms. The predicted octanol–water partition coefficient (Wildman–Crippen LogP) is 4.08. The number of aldehydes is 1. The number of halogens is 2. The Morgan fingerprint density at radius 3 is 2.65 bits per heavy atom. The molecule has 0 saturated carbocycles. The molecule has 2 aromatic carbocycles. The molecule has 0 radical (unpaired) electrons. The van der Waals surface area contributed by atoms with Gasteiger partial charge in [-0.25, -0.2) is 4.39 Å². The van der Waals surface area contributed by atoms with Gasteiger partial charge in [-0.15, -0.1) is 0 Å². The highest BCUT2D eigenvalue weighted by Gasteiger charge is 2.05. The Labute approximate surface area is 103 Å². The molecule has 0 aliphatic carbocycles. The van der Waals surface area contributed by atoms with E-state index in [0.717, 1.165) is 6.07 Å². The van der Waals surface area contributed by atoms with Crippen LogP contribution in [0.15, 0.2) is 42.5 Å². The van der Waals surface area contributed by atoms with Crippen molar-refractivity contribution in [2.45, 2.75) is 0 Å². The molecule has 0 N–H and O–H groups in total. The number of carbonyl (C=O) groups excluding carboxylic acids is 1. The zero-order valence-electron chi connectivity index (χ0n) is 8.69. The molecule has 0 aliphatic heterocycles. The number of para-hydroxylation sites is 1. The van der Waals surface area contributed by atoms with Crippen LogP contribution in [0.25, 0.3) is 0 Å². The van der Waals surface area contributed by atoms with Crippen LogP contribution in [0.5, 0.6) is 11.5 Å². The van der Waals surface area contributed by atoms with E-state index in [1.54, 1.807) is 24.3 Å². The number of ether oxygens (including phenoxy) is 1. The van der Waals surface area contributed by atoms with E-state index < -0.39 is 5.82 Å². The first-order valence-corrected chi connectivity index (χ1v) is 5.25. The fourth-order valence-corrected chi connectivity index (χ4v) is 1.54. The van der Waals surface area contributed by atoms with Crippen LogP contribution in [0.3, 0.4) is 0 Å². The van der Waals surface area contributed by atoms with Crippen molar-refractivity contribution >= 4 is 17.9 Å². The Morgan fingerprint density at radius 1 is 1.18 bits per heavy atom. The van der Waals surface area contributed by atoms with Gasteiger partial charge >= 0.3 is 0 Å². The fraction of sp³-hybridized carbons (Fsp3) is 0. The van der Waals surface area contributed by atoms with Crippen LogP contribution in [0.1, 0.15) is 10.4 Å². The molecule has 2 nitrogen and oxygen atoms in total. The molecule has 0 fully saturated rings. The molecule has 2 rings (SSSR count). The minimum absolute atomic E-state index is 0.215. The van der Waals surface area contributed by atoms with E-state index in [4.69, 9.17) is 16.3 Å². The highest BCUT2D eigenvalue weighted by atomic mass is 35.5. The Hall–Kier alpha value is -1.87. The highest BCUT2D eigenvalue weighted by molar-refractivity contribution is 6.32. The van der Waals surface area contributed by atoms with Gasteiger partial charge in [-0.1, -0.05) is 23.7 Å². The Kier molecular flexibility index (Phi) is 3.40. The summed E-state index contributed by atoms with van der Waals surface area (Å²) in [6.07, 6.45) is 0.558. The predicted molar refractivity (Wildman–Crippen MR) is 63.3 cm³/mol.